The summed E-state index contributed by atoms with van der Waals surface area (Å²) in [7, 11) is 0. The van der Waals surface area contributed by atoms with E-state index in [0.717, 1.165) is 17.5 Å². The number of carbonyl (C=O) groups is 1. The Balaban J connectivity index is 2.31. The molecule has 3 heteroatoms. The van der Waals surface area contributed by atoms with Gasteiger partial charge < -0.3 is 4.74 Å². The van der Waals surface area contributed by atoms with Gasteiger partial charge in [0, 0.05) is 22.2 Å². The van der Waals surface area contributed by atoms with Crippen molar-refractivity contribution in [3.05, 3.63) is 33.2 Å². The molecule has 0 bridgehead atoms. The van der Waals surface area contributed by atoms with Crippen molar-refractivity contribution in [1.29, 1.82) is 0 Å². The first-order valence-electron chi connectivity index (χ1n) is 4.62. The Morgan fingerprint density at radius 1 is 1.50 bits per heavy atom. The lowest BCUT2D eigenvalue weighted by Crippen LogP contribution is -2.04. The highest BCUT2D eigenvalue weighted by atomic mass is 32.1. The second-order valence-corrected chi connectivity index (χ2v) is 4.45. The first kappa shape index (κ1) is 9.46. The van der Waals surface area contributed by atoms with Crippen molar-refractivity contribution >= 4 is 17.1 Å². The monoisotopic (exact) mass is 208 g/mol. The maximum absolute atomic E-state index is 11.9. The molecule has 1 aliphatic rings. The topological polar surface area (TPSA) is 26.3 Å². The molecule has 0 fully saturated rings. The number of aryl methyl sites for hydroxylation is 1. The van der Waals surface area contributed by atoms with Crippen LogP contribution in [0, 0.1) is 13.8 Å². The van der Waals surface area contributed by atoms with Crippen LogP contribution in [0.15, 0.2) is 17.2 Å². The molecule has 0 aliphatic carbocycles. The SMILES string of the molecule is Cc1scc(C(=O)C2=CCCO2)c1C. The minimum atomic E-state index is 0.0318. The Kier molecular flexibility index (Phi) is 2.42. The van der Waals surface area contributed by atoms with Crippen molar-refractivity contribution in [3.8, 4) is 0 Å². The van der Waals surface area contributed by atoms with Gasteiger partial charge in [0.05, 0.1) is 6.61 Å². The molecule has 0 atom stereocenters. The lowest BCUT2D eigenvalue weighted by Gasteiger charge is -2.01. The van der Waals surface area contributed by atoms with Gasteiger partial charge in [-0.3, -0.25) is 4.79 Å². The highest BCUT2D eigenvalue weighted by Gasteiger charge is 2.20. The molecular weight excluding hydrogens is 196 g/mol. The van der Waals surface area contributed by atoms with Crippen molar-refractivity contribution in [1.82, 2.24) is 0 Å². The number of rotatable bonds is 2. The average molecular weight is 208 g/mol. The third kappa shape index (κ3) is 1.48. The molecule has 1 aromatic rings. The molecule has 0 aromatic carbocycles. The van der Waals surface area contributed by atoms with Gasteiger partial charge in [-0.05, 0) is 25.5 Å². The molecule has 0 amide bonds. The van der Waals surface area contributed by atoms with E-state index in [0.29, 0.717) is 12.4 Å². The van der Waals surface area contributed by atoms with Crippen LogP contribution in [0.25, 0.3) is 0 Å². The molecule has 1 aromatic heterocycles. The predicted molar refractivity (Wildman–Crippen MR) is 56.8 cm³/mol. The first-order valence-corrected chi connectivity index (χ1v) is 5.50. The molecular formula is C11H12O2S. The van der Waals surface area contributed by atoms with Gasteiger partial charge in [0.1, 0.15) is 0 Å². The van der Waals surface area contributed by atoms with Gasteiger partial charge in [0.15, 0.2) is 5.76 Å². The summed E-state index contributed by atoms with van der Waals surface area (Å²) < 4.78 is 5.25. The maximum Gasteiger partial charge on any atom is 0.228 e. The predicted octanol–water partition coefficient (Wildman–Crippen LogP) is 2.85. The van der Waals surface area contributed by atoms with Crippen LogP contribution in [-0.4, -0.2) is 12.4 Å². The van der Waals surface area contributed by atoms with Crippen LogP contribution >= 0.6 is 11.3 Å². The van der Waals surface area contributed by atoms with Crippen LogP contribution in [0.5, 0.6) is 0 Å². The smallest absolute Gasteiger partial charge is 0.228 e. The number of thiophene rings is 1. The molecule has 0 unspecified atom stereocenters. The van der Waals surface area contributed by atoms with Crippen LogP contribution in [-0.2, 0) is 4.74 Å². The van der Waals surface area contributed by atoms with E-state index in [1.54, 1.807) is 11.3 Å². The molecule has 0 saturated carbocycles. The molecule has 0 spiro atoms. The standard InChI is InChI=1S/C11H12O2S/c1-7-8(2)14-6-9(7)11(12)10-4-3-5-13-10/h4,6H,3,5H2,1-2H3. The van der Waals surface area contributed by atoms with E-state index in [-0.39, 0.29) is 5.78 Å². The average Bonchev–Trinajstić information content (AvgIpc) is 2.77. The van der Waals surface area contributed by atoms with Crippen molar-refractivity contribution in [2.75, 3.05) is 6.61 Å². The van der Waals surface area contributed by atoms with Gasteiger partial charge >= 0.3 is 0 Å². The fourth-order valence-corrected chi connectivity index (χ4v) is 2.31. The summed E-state index contributed by atoms with van der Waals surface area (Å²) in [6.07, 6.45) is 2.72. The zero-order valence-corrected chi connectivity index (χ0v) is 9.11. The Morgan fingerprint density at radius 2 is 2.29 bits per heavy atom. The fraction of sp³-hybridized carbons (Fsp3) is 0.364. The van der Waals surface area contributed by atoms with Crippen LogP contribution in [0.1, 0.15) is 27.2 Å². The van der Waals surface area contributed by atoms with Gasteiger partial charge in [-0.1, -0.05) is 0 Å². The lowest BCUT2D eigenvalue weighted by atomic mass is 10.1. The summed E-state index contributed by atoms with van der Waals surface area (Å²) in [5, 5.41) is 1.91. The maximum atomic E-state index is 11.9. The highest BCUT2D eigenvalue weighted by molar-refractivity contribution is 7.10. The molecule has 1 aliphatic heterocycles. The lowest BCUT2D eigenvalue weighted by molar-refractivity contribution is 0.0942. The molecule has 2 rings (SSSR count). The minimum absolute atomic E-state index is 0.0318. The highest BCUT2D eigenvalue weighted by Crippen LogP contribution is 2.24. The number of carbonyl (C=O) groups excluding carboxylic acids is 1. The number of hydrogen-bond donors (Lipinski definition) is 0. The molecule has 0 N–H and O–H groups in total. The molecule has 0 saturated heterocycles. The van der Waals surface area contributed by atoms with Gasteiger partial charge in [-0.15, -0.1) is 11.3 Å². The minimum Gasteiger partial charge on any atom is -0.489 e. The van der Waals surface area contributed by atoms with E-state index in [4.69, 9.17) is 4.74 Å². The van der Waals surface area contributed by atoms with Gasteiger partial charge in [0.25, 0.3) is 0 Å². The first-order chi connectivity index (χ1) is 6.70. The molecule has 74 valence electrons. The number of ketones is 1. The Hall–Kier alpha value is -1.09. The van der Waals surface area contributed by atoms with E-state index < -0.39 is 0 Å². The van der Waals surface area contributed by atoms with Crippen LogP contribution in [0.2, 0.25) is 0 Å². The summed E-state index contributed by atoms with van der Waals surface area (Å²) in [6, 6.07) is 0. The number of allylic oxidation sites excluding steroid dienone is 1. The number of hydrogen-bond acceptors (Lipinski definition) is 3. The van der Waals surface area contributed by atoms with Crippen LogP contribution in [0.4, 0.5) is 0 Å². The summed E-state index contributed by atoms with van der Waals surface area (Å²) in [5.41, 5.74) is 1.87. The molecule has 2 heterocycles. The van der Waals surface area contributed by atoms with Crippen molar-refractivity contribution in [2.24, 2.45) is 0 Å². The van der Waals surface area contributed by atoms with Gasteiger partial charge in [-0.25, -0.2) is 0 Å². The zero-order valence-electron chi connectivity index (χ0n) is 8.29. The van der Waals surface area contributed by atoms with Crippen LogP contribution in [0.3, 0.4) is 0 Å². The van der Waals surface area contributed by atoms with Crippen molar-refractivity contribution in [2.45, 2.75) is 20.3 Å². The Labute approximate surface area is 87.2 Å². The van der Waals surface area contributed by atoms with E-state index in [2.05, 4.69) is 0 Å². The van der Waals surface area contributed by atoms with E-state index >= 15 is 0 Å². The second-order valence-electron chi connectivity index (χ2n) is 3.37. The largest absolute Gasteiger partial charge is 0.489 e. The van der Waals surface area contributed by atoms with Crippen molar-refractivity contribution in [3.63, 3.8) is 0 Å². The van der Waals surface area contributed by atoms with E-state index in [1.165, 1.54) is 4.88 Å². The Bertz CT molecular complexity index is 401. The third-order valence-electron chi connectivity index (χ3n) is 2.46. The summed E-state index contributed by atoms with van der Waals surface area (Å²) in [6.45, 7) is 4.65. The molecule has 2 nitrogen and oxygen atoms in total. The van der Waals surface area contributed by atoms with Gasteiger partial charge in [-0.2, -0.15) is 0 Å². The van der Waals surface area contributed by atoms with E-state index in [1.807, 2.05) is 25.3 Å². The number of Topliss-reactive ketones (excluding diaryl/α,β-unsaturated/α-hetero) is 1. The molecule has 0 radical (unpaired) electrons. The van der Waals surface area contributed by atoms with Crippen LogP contribution < -0.4 is 0 Å². The fourth-order valence-electron chi connectivity index (χ4n) is 1.45. The quantitative estimate of drug-likeness (QED) is 0.698. The second kappa shape index (κ2) is 3.58. The number of ether oxygens (including phenoxy) is 1. The van der Waals surface area contributed by atoms with Crippen molar-refractivity contribution < 1.29 is 9.53 Å². The third-order valence-corrected chi connectivity index (χ3v) is 3.47. The van der Waals surface area contributed by atoms with Gasteiger partial charge in [0.2, 0.25) is 5.78 Å². The summed E-state index contributed by atoms with van der Waals surface area (Å²) >= 11 is 1.61. The van der Waals surface area contributed by atoms with E-state index in [9.17, 15) is 4.79 Å². The summed E-state index contributed by atoms with van der Waals surface area (Å²) in [4.78, 5) is 13.1. The summed E-state index contributed by atoms with van der Waals surface area (Å²) in [5.74, 6) is 0.551. The Morgan fingerprint density at radius 3 is 2.79 bits per heavy atom. The molecule has 14 heavy (non-hydrogen) atoms. The zero-order chi connectivity index (χ0) is 10.1. The normalized spacial score (nSPS) is 15.1.